The zero-order chi connectivity index (χ0) is 13.8. The molecule has 100 valence electrons. The average molecular weight is 302 g/mol. The van der Waals surface area contributed by atoms with Gasteiger partial charge in [-0.3, -0.25) is 4.90 Å². The Balaban J connectivity index is 2.32. The Morgan fingerprint density at radius 2 is 2.26 bits per heavy atom. The maximum Gasteiger partial charge on any atom is 0.191 e. The number of hydrogen-bond acceptors (Lipinski definition) is 3. The van der Waals surface area contributed by atoms with E-state index in [4.69, 9.17) is 17.4 Å². The van der Waals surface area contributed by atoms with Gasteiger partial charge in [0, 0.05) is 16.3 Å². The van der Waals surface area contributed by atoms with Crippen LogP contribution in [0.5, 0.6) is 0 Å². The summed E-state index contributed by atoms with van der Waals surface area (Å²) in [4.78, 5) is 1.53. The largest absolute Gasteiger partial charge is 0.321 e. The van der Waals surface area contributed by atoms with E-state index >= 15 is 0 Å². The van der Waals surface area contributed by atoms with Gasteiger partial charge in [0.1, 0.15) is 0 Å². The fourth-order valence-corrected chi connectivity index (χ4v) is 3.46. The van der Waals surface area contributed by atoms with E-state index < -0.39 is 11.5 Å². The molecule has 0 aromatic heterocycles. The van der Waals surface area contributed by atoms with Crippen molar-refractivity contribution in [2.24, 2.45) is 10.9 Å². The van der Waals surface area contributed by atoms with Crippen LogP contribution in [-0.4, -0.2) is 10.9 Å². The minimum atomic E-state index is -2.16. The number of benzene rings is 1. The second kappa shape index (κ2) is 4.11. The first-order valence-electron chi connectivity index (χ1n) is 5.55. The Kier molecular flexibility index (Phi) is 2.76. The fraction of sp³-hybridized carbons (Fsp3) is 0.250. The van der Waals surface area contributed by atoms with Gasteiger partial charge >= 0.3 is 0 Å². The van der Waals surface area contributed by atoms with Crippen LogP contribution in [0.25, 0.3) is 0 Å². The number of hydrazone groups is 1. The lowest BCUT2D eigenvalue weighted by Crippen LogP contribution is -2.34. The topological polar surface area (TPSA) is 41.6 Å². The quantitative estimate of drug-likeness (QED) is 0.589. The second-order valence-electron chi connectivity index (χ2n) is 4.46. The molecule has 3 rings (SSSR count). The number of amidine groups is 1. The Hall–Kier alpha value is -1.27. The van der Waals surface area contributed by atoms with Gasteiger partial charge in [0.05, 0.1) is 11.4 Å². The number of alkyl halides is 1. The van der Waals surface area contributed by atoms with E-state index in [1.807, 2.05) is 0 Å². The average Bonchev–Trinajstić information content (AvgIpc) is 2.79. The monoisotopic (exact) mass is 301 g/mol. The zero-order valence-corrected chi connectivity index (χ0v) is 11.5. The first kappa shape index (κ1) is 12.7. The number of allylic oxidation sites excluding steroid dienone is 1. The summed E-state index contributed by atoms with van der Waals surface area (Å²) in [6.45, 7) is 1.21. The van der Waals surface area contributed by atoms with Crippen molar-refractivity contribution in [3.63, 3.8) is 0 Å². The predicted octanol–water partition coefficient (Wildman–Crippen LogP) is 3.50. The van der Waals surface area contributed by atoms with Crippen LogP contribution >= 0.6 is 23.4 Å². The van der Waals surface area contributed by atoms with Crippen molar-refractivity contribution in [3.05, 3.63) is 40.3 Å². The third-order valence-corrected chi connectivity index (χ3v) is 4.48. The number of rotatable bonds is 0. The molecule has 2 heterocycles. The predicted molar refractivity (Wildman–Crippen MR) is 74.6 cm³/mol. The SMILES string of the molecule is CC1(F)C(F)=C2CS/C(=N\N)N2c2cc(Cl)ccc21. The van der Waals surface area contributed by atoms with Crippen LogP contribution in [0.15, 0.2) is 34.8 Å². The van der Waals surface area contributed by atoms with Crippen molar-refractivity contribution in [1.82, 2.24) is 0 Å². The highest BCUT2D eigenvalue weighted by molar-refractivity contribution is 8.14. The van der Waals surface area contributed by atoms with Gasteiger partial charge in [-0.25, -0.2) is 8.78 Å². The lowest BCUT2D eigenvalue weighted by molar-refractivity contribution is 0.195. The fourth-order valence-electron chi connectivity index (χ4n) is 2.36. The van der Waals surface area contributed by atoms with Crippen molar-refractivity contribution in [2.45, 2.75) is 12.6 Å². The summed E-state index contributed by atoms with van der Waals surface area (Å²) >= 11 is 7.22. The van der Waals surface area contributed by atoms with Crippen LogP contribution in [0.1, 0.15) is 12.5 Å². The molecule has 19 heavy (non-hydrogen) atoms. The molecule has 3 nitrogen and oxygen atoms in total. The van der Waals surface area contributed by atoms with E-state index in [1.165, 1.54) is 29.7 Å². The standard InChI is InChI=1S/C12H10ClF2N3S/c1-12(15)7-3-2-6(13)4-8(7)18-9(10(12)14)5-19-11(18)17-16/h2-4H,5,16H2,1H3/b17-11-. The van der Waals surface area contributed by atoms with Crippen molar-refractivity contribution in [3.8, 4) is 0 Å². The molecule has 0 radical (unpaired) electrons. The van der Waals surface area contributed by atoms with E-state index in [-0.39, 0.29) is 11.3 Å². The highest BCUT2D eigenvalue weighted by atomic mass is 35.5. The molecule has 1 atom stereocenters. The number of nitrogens with zero attached hydrogens (tertiary/aromatic N) is 2. The van der Waals surface area contributed by atoms with Crippen molar-refractivity contribution in [1.29, 1.82) is 0 Å². The third kappa shape index (κ3) is 1.66. The van der Waals surface area contributed by atoms with E-state index in [1.54, 1.807) is 12.1 Å². The van der Waals surface area contributed by atoms with Gasteiger partial charge in [-0.05, 0) is 19.1 Å². The first-order valence-corrected chi connectivity index (χ1v) is 6.92. The molecule has 1 aromatic carbocycles. The van der Waals surface area contributed by atoms with Crippen LogP contribution in [0.2, 0.25) is 5.02 Å². The van der Waals surface area contributed by atoms with Gasteiger partial charge in [0.2, 0.25) is 0 Å². The van der Waals surface area contributed by atoms with E-state index in [0.717, 1.165) is 0 Å². The molecule has 0 spiro atoms. The number of nitrogens with two attached hydrogens (primary N) is 1. The molecular weight excluding hydrogens is 292 g/mol. The molecule has 7 heteroatoms. The summed E-state index contributed by atoms with van der Waals surface area (Å²) in [5.74, 6) is 4.80. The van der Waals surface area contributed by atoms with Crippen LogP contribution in [-0.2, 0) is 5.67 Å². The summed E-state index contributed by atoms with van der Waals surface area (Å²) < 4.78 is 29.0. The minimum absolute atomic E-state index is 0.224. The number of anilines is 1. The van der Waals surface area contributed by atoms with Gasteiger partial charge in [-0.15, -0.1) is 0 Å². The maximum absolute atomic E-state index is 14.7. The Morgan fingerprint density at radius 3 is 2.95 bits per heavy atom. The zero-order valence-electron chi connectivity index (χ0n) is 9.95. The number of fused-ring (bicyclic) bond motifs is 3. The number of hydrogen-bond donors (Lipinski definition) is 1. The molecular formula is C12H10ClF2N3S. The summed E-state index contributed by atoms with van der Waals surface area (Å²) in [7, 11) is 0. The Morgan fingerprint density at radius 1 is 1.53 bits per heavy atom. The van der Waals surface area contributed by atoms with Crippen molar-refractivity contribution in [2.75, 3.05) is 10.7 Å². The highest BCUT2D eigenvalue weighted by Crippen LogP contribution is 2.51. The van der Waals surface area contributed by atoms with Gasteiger partial charge in [-0.2, -0.15) is 5.10 Å². The van der Waals surface area contributed by atoms with E-state index in [2.05, 4.69) is 5.10 Å². The van der Waals surface area contributed by atoms with E-state index in [0.29, 0.717) is 21.6 Å². The molecule has 1 aromatic rings. The molecule has 1 fully saturated rings. The molecule has 2 N–H and O–H groups in total. The minimum Gasteiger partial charge on any atom is -0.321 e. The number of thioether (sulfide) groups is 1. The van der Waals surface area contributed by atoms with Crippen LogP contribution in [0.3, 0.4) is 0 Å². The van der Waals surface area contributed by atoms with Gasteiger partial charge in [-0.1, -0.05) is 29.4 Å². The molecule has 1 unspecified atom stereocenters. The second-order valence-corrected chi connectivity index (χ2v) is 5.84. The van der Waals surface area contributed by atoms with Crippen LogP contribution in [0.4, 0.5) is 14.5 Å². The van der Waals surface area contributed by atoms with Gasteiger partial charge < -0.3 is 5.84 Å². The normalized spacial score (nSPS) is 27.8. The summed E-state index contributed by atoms with van der Waals surface area (Å²) in [5.41, 5.74) is -1.20. The molecule has 0 bridgehead atoms. The molecule has 0 aliphatic carbocycles. The van der Waals surface area contributed by atoms with Gasteiger partial charge in [0.15, 0.2) is 16.7 Å². The summed E-state index contributed by atoms with van der Waals surface area (Å²) in [6, 6.07) is 4.63. The Labute approximate surface area is 118 Å². The molecule has 2 aliphatic heterocycles. The summed E-state index contributed by atoms with van der Waals surface area (Å²) in [5, 5.41) is 4.50. The maximum atomic E-state index is 14.7. The van der Waals surface area contributed by atoms with Crippen molar-refractivity contribution >= 4 is 34.2 Å². The molecule has 2 aliphatic rings. The lowest BCUT2D eigenvalue weighted by atomic mass is 9.90. The number of halogens is 3. The highest BCUT2D eigenvalue weighted by Gasteiger charge is 2.46. The lowest BCUT2D eigenvalue weighted by Gasteiger charge is -2.34. The summed E-state index contributed by atoms with van der Waals surface area (Å²) in [6.07, 6.45) is 0. The molecule has 0 saturated carbocycles. The first-order chi connectivity index (χ1) is 8.96. The van der Waals surface area contributed by atoms with E-state index in [9.17, 15) is 8.78 Å². The van der Waals surface area contributed by atoms with Crippen LogP contribution in [0, 0.1) is 0 Å². The smallest absolute Gasteiger partial charge is 0.191 e. The molecule has 0 amide bonds. The third-order valence-electron chi connectivity index (χ3n) is 3.28. The Bertz CT molecular complexity index is 627. The molecule has 1 saturated heterocycles. The van der Waals surface area contributed by atoms with Gasteiger partial charge in [0.25, 0.3) is 0 Å². The van der Waals surface area contributed by atoms with Crippen LogP contribution < -0.4 is 10.7 Å². The van der Waals surface area contributed by atoms with Crippen molar-refractivity contribution < 1.29 is 8.78 Å².